The Balaban J connectivity index is 1.96. The van der Waals surface area contributed by atoms with Crippen LogP contribution in [0.5, 0.6) is 0 Å². The summed E-state index contributed by atoms with van der Waals surface area (Å²) < 4.78 is 43.8. The van der Waals surface area contributed by atoms with Crippen molar-refractivity contribution in [3.8, 4) is 0 Å². The summed E-state index contributed by atoms with van der Waals surface area (Å²) in [6.45, 7) is 3.77. The molecule has 1 heterocycles. The summed E-state index contributed by atoms with van der Waals surface area (Å²) in [6.07, 6.45) is 0.752. The second-order valence-corrected chi connectivity index (χ2v) is 6.80. The van der Waals surface area contributed by atoms with Crippen molar-refractivity contribution in [3.63, 3.8) is 0 Å². The van der Waals surface area contributed by atoms with Crippen molar-refractivity contribution in [1.29, 1.82) is 0 Å². The SMILES string of the molecule is CC1(C)OC(CCNS(=O)(=O)O)C(Cc2ccccc2)O1. The first-order chi connectivity index (χ1) is 9.75. The molecule has 21 heavy (non-hydrogen) atoms. The standard InChI is InChI=1S/C14H21NO5S/c1-14(2)19-12(8-9-15-21(16,17)18)13(20-14)10-11-6-4-3-5-7-11/h3-7,12-13,15H,8-10H2,1-2H3,(H,16,17,18). The molecule has 0 amide bonds. The Labute approximate surface area is 125 Å². The molecule has 2 N–H and O–H groups in total. The van der Waals surface area contributed by atoms with E-state index in [9.17, 15) is 8.42 Å². The van der Waals surface area contributed by atoms with Crippen molar-refractivity contribution in [2.45, 2.75) is 44.7 Å². The molecule has 0 radical (unpaired) electrons. The molecule has 6 nitrogen and oxygen atoms in total. The Morgan fingerprint density at radius 3 is 2.43 bits per heavy atom. The maximum Gasteiger partial charge on any atom is 0.333 e. The molecule has 0 bridgehead atoms. The smallest absolute Gasteiger partial charge is 0.333 e. The third kappa shape index (κ3) is 5.37. The Bertz CT molecular complexity index is 558. The van der Waals surface area contributed by atoms with Crippen LogP contribution in [0.4, 0.5) is 0 Å². The van der Waals surface area contributed by atoms with Gasteiger partial charge in [0.2, 0.25) is 0 Å². The van der Waals surface area contributed by atoms with Crippen LogP contribution in [0.2, 0.25) is 0 Å². The minimum atomic E-state index is -4.17. The lowest BCUT2D eigenvalue weighted by atomic mass is 10.0. The highest BCUT2D eigenvalue weighted by Crippen LogP contribution is 2.31. The molecule has 1 aromatic rings. The third-order valence-corrected chi connectivity index (χ3v) is 3.85. The van der Waals surface area contributed by atoms with E-state index in [1.165, 1.54) is 0 Å². The van der Waals surface area contributed by atoms with Crippen LogP contribution in [0.1, 0.15) is 25.8 Å². The van der Waals surface area contributed by atoms with E-state index in [-0.39, 0.29) is 18.8 Å². The predicted octanol–water partition coefficient (Wildman–Crippen LogP) is 1.53. The van der Waals surface area contributed by atoms with Crippen LogP contribution in [0.15, 0.2) is 30.3 Å². The van der Waals surface area contributed by atoms with Gasteiger partial charge in [-0.2, -0.15) is 13.1 Å². The van der Waals surface area contributed by atoms with Gasteiger partial charge in [0.05, 0.1) is 12.2 Å². The van der Waals surface area contributed by atoms with Gasteiger partial charge in [-0.15, -0.1) is 0 Å². The molecule has 0 aliphatic carbocycles. The highest BCUT2D eigenvalue weighted by atomic mass is 32.2. The van der Waals surface area contributed by atoms with E-state index in [4.69, 9.17) is 14.0 Å². The van der Waals surface area contributed by atoms with E-state index < -0.39 is 16.1 Å². The van der Waals surface area contributed by atoms with Crippen molar-refractivity contribution in [3.05, 3.63) is 35.9 Å². The van der Waals surface area contributed by atoms with E-state index in [2.05, 4.69) is 4.72 Å². The topological polar surface area (TPSA) is 84.9 Å². The van der Waals surface area contributed by atoms with Crippen molar-refractivity contribution < 1.29 is 22.4 Å². The average Bonchev–Trinajstić information content (AvgIpc) is 2.63. The third-order valence-electron chi connectivity index (χ3n) is 3.28. The summed E-state index contributed by atoms with van der Waals surface area (Å²) in [4.78, 5) is 0. The molecule has 2 atom stereocenters. The lowest BCUT2D eigenvalue weighted by molar-refractivity contribution is -0.146. The highest BCUT2D eigenvalue weighted by molar-refractivity contribution is 7.83. The van der Waals surface area contributed by atoms with E-state index >= 15 is 0 Å². The van der Waals surface area contributed by atoms with Gasteiger partial charge in [-0.25, -0.2) is 0 Å². The van der Waals surface area contributed by atoms with Crippen LogP contribution in [-0.4, -0.2) is 37.5 Å². The quantitative estimate of drug-likeness (QED) is 0.778. The van der Waals surface area contributed by atoms with Crippen molar-refractivity contribution in [1.82, 2.24) is 4.72 Å². The molecule has 0 spiro atoms. The summed E-state index contributed by atoms with van der Waals surface area (Å²) in [5.74, 6) is -0.692. The number of nitrogens with one attached hydrogen (secondary N) is 1. The fraction of sp³-hybridized carbons (Fsp3) is 0.571. The molecule has 1 aromatic carbocycles. The number of ether oxygens (including phenoxy) is 2. The van der Waals surface area contributed by atoms with Gasteiger partial charge in [-0.3, -0.25) is 4.55 Å². The summed E-state index contributed by atoms with van der Waals surface area (Å²) >= 11 is 0. The van der Waals surface area contributed by atoms with Gasteiger partial charge in [0.15, 0.2) is 5.79 Å². The normalized spacial score (nSPS) is 25.1. The molecule has 7 heteroatoms. The Morgan fingerprint density at radius 2 is 1.81 bits per heavy atom. The van der Waals surface area contributed by atoms with Gasteiger partial charge in [-0.1, -0.05) is 30.3 Å². The predicted molar refractivity (Wildman–Crippen MR) is 78.1 cm³/mol. The van der Waals surface area contributed by atoms with Crippen LogP contribution < -0.4 is 4.72 Å². The first-order valence-electron chi connectivity index (χ1n) is 6.87. The monoisotopic (exact) mass is 315 g/mol. The number of benzene rings is 1. The zero-order chi connectivity index (χ0) is 15.5. The van der Waals surface area contributed by atoms with Gasteiger partial charge < -0.3 is 9.47 Å². The Kier molecular flexibility index (Phi) is 5.00. The molecule has 0 aromatic heterocycles. The van der Waals surface area contributed by atoms with Crippen LogP contribution in [0.3, 0.4) is 0 Å². The van der Waals surface area contributed by atoms with Gasteiger partial charge in [0.25, 0.3) is 0 Å². The van der Waals surface area contributed by atoms with Crippen molar-refractivity contribution in [2.75, 3.05) is 6.54 Å². The van der Waals surface area contributed by atoms with Crippen molar-refractivity contribution in [2.24, 2.45) is 0 Å². The zero-order valence-electron chi connectivity index (χ0n) is 12.2. The molecule has 1 saturated heterocycles. The Hall–Kier alpha value is -0.990. The van der Waals surface area contributed by atoms with E-state index in [1.807, 2.05) is 44.2 Å². The average molecular weight is 315 g/mol. The molecule has 2 unspecified atom stereocenters. The fourth-order valence-corrected chi connectivity index (χ4v) is 2.88. The lowest BCUT2D eigenvalue weighted by Gasteiger charge is -2.16. The molecule has 118 valence electrons. The molecule has 1 fully saturated rings. The molecule has 0 saturated carbocycles. The van der Waals surface area contributed by atoms with Crippen LogP contribution in [0.25, 0.3) is 0 Å². The molecule has 1 aliphatic heterocycles. The van der Waals surface area contributed by atoms with E-state index in [0.29, 0.717) is 12.8 Å². The van der Waals surface area contributed by atoms with Crippen LogP contribution in [0, 0.1) is 0 Å². The van der Waals surface area contributed by atoms with Gasteiger partial charge in [-0.05, 0) is 25.8 Å². The largest absolute Gasteiger partial charge is 0.345 e. The van der Waals surface area contributed by atoms with Crippen molar-refractivity contribution >= 4 is 10.3 Å². The van der Waals surface area contributed by atoms with E-state index in [1.54, 1.807) is 0 Å². The van der Waals surface area contributed by atoms with Gasteiger partial charge in [0, 0.05) is 13.0 Å². The Morgan fingerprint density at radius 1 is 1.19 bits per heavy atom. The molecular weight excluding hydrogens is 294 g/mol. The van der Waals surface area contributed by atoms with Gasteiger partial charge in [0.1, 0.15) is 0 Å². The molecule has 2 rings (SSSR count). The molecular formula is C14H21NO5S. The minimum Gasteiger partial charge on any atom is -0.345 e. The number of hydrogen-bond donors (Lipinski definition) is 2. The summed E-state index contributed by atoms with van der Waals surface area (Å²) in [7, 11) is -4.17. The van der Waals surface area contributed by atoms with Gasteiger partial charge >= 0.3 is 10.3 Å². The number of rotatable bonds is 6. The van der Waals surface area contributed by atoms with E-state index in [0.717, 1.165) is 5.56 Å². The lowest BCUT2D eigenvalue weighted by Crippen LogP contribution is -2.31. The van der Waals surface area contributed by atoms with Crippen LogP contribution >= 0.6 is 0 Å². The highest BCUT2D eigenvalue weighted by Gasteiger charge is 2.40. The summed E-state index contributed by atoms with van der Waals surface area (Å²) in [5, 5.41) is 0. The second kappa shape index (κ2) is 6.41. The molecule has 1 aliphatic rings. The fourth-order valence-electron chi connectivity index (χ4n) is 2.50. The first kappa shape index (κ1) is 16.4. The maximum atomic E-state index is 10.7. The summed E-state index contributed by atoms with van der Waals surface area (Å²) in [5.41, 5.74) is 1.14. The second-order valence-electron chi connectivity index (χ2n) is 5.56. The number of hydrogen-bond acceptors (Lipinski definition) is 4. The van der Waals surface area contributed by atoms with Crippen LogP contribution in [-0.2, 0) is 26.2 Å². The summed E-state index contributed by atoms with van der Waals surface area (Å²) in [6, 6.07) is 9.91. The zero-order valence-corrected chi connectivity index (χ0v) is 13.0. The first-order valence-corrected chi connectivity index (χ1v) is 8.31. The minimum absolute atomic E-state index is 0.105. The maximum absolute atomic E-state index is 10.7.